The molecule has 0 saturated carbocycles. The van der Waals surface area contributed by atoms with E-state index in [0.717, 1.165) is 75.1 Å². The Balaban J connectivity index is 0.000000166. The van der Waals surface area contributed by atoms with Crippen molar-refractivity contribution in [1.82, 2.24) is 19.8 Å². The van der Waals surface area contributed by atoms with Crippen molar-refractivity contribution in [2.45, 2.75) is 77.3 Å². The number of benzene rings is 2. The van der Waals surface area contributed by atoms with Crippen LogP contribution in [0.15, 0.2) is 48.5 Å². The zero-order valence-electron chi connectivity index (χ0n) is 36.0. The van der Waals surface area contributed by atoms with E-state index >= 15 is 0 Å². The Labute approximate surface area is 397 Å². The van der Waals surface area contributed by atoms with E-state index in [0.29, 0.717) is 60.0 Å². The number of nitrogens with two attached hydrogens (primary N) is 2. The second kappa shape index (κ2) is 18.4. The normalized spacial score (nSPS) is 18.1. The number of nitrogens with zero attached hydrogens (tertiary/aromatic N) is 4. The van der Waals surface area contributed by atoms with E-state index in [1.165, 1.54) is 32.5 Å². The van der Waals surface area contributed by atoms with Crippen molar-refractivity contribution in [3.05, 3.63) is 90.8 Å². The fraction of sp³-hybridized carbons (Fsp3) is 0.333. The summed E-state index contributed by atoms with van der Waals surface area (Å²) in [7, 11) is 3.22. The van der Waals surface area contributed by atoms with Gasteiger partial charge in [-0.1, -0.05) is 47.5 Å². The number of fused-ring (bicyclic) bond motifs is 6. The van der Waals surface area contributed by atoms with E-state index in [-0.39, 0.29) is 86.1 Å². The van der Waals surface area contributed by atoms with E-state index < -0.39 is 0 Å². The van der Waals surface area contributed by atoms with E-state index in [9.17, 15) is 28.8 Å². The SMILES string of the molecule is COc1ccc(-c2c(Cl)c(CN3C(=O)CCC3=O)nc3sc4c(c23)CC[C@@H](C(N)=O)C4)cc1.COc1ccc(-c2c(Cl)c(CN3C(=O)CCC3=O)nc3sc4c(c23)CC[C@H](C(N)=O)C4)cc1. The number of imide groups is 2. The van der Waals surface area contributed by atoms with Gasteiger partial charge in [-0.25, -0.2) is 9.97 Å². The van der Waals surface area contributed by atoms with Gasteiger partial charge in [-0.3, -0.25) is 38.6 Å². The lowest BCUT2D eigenvalue weighted by Crippen LogP contribution is -2.29. The lowest BCUT2D eigenvalue weighted by molar-refractivity contribution is -0.140. The molecule has 4 aromatic heterocycles. The minimum atomic E-state index is -0.286. The van der Waals surface area contributed by atoms with Crippen LogP contribution in [-0.2, 0) is 67.5 Å². The lowest BCUT2D eigenvalue weighted by Gasteiger charge is -2.20. The summed E-state index contributed by atoms with van der Waals surface area (Å²) in [6.45, 7) is 0.0874. The number of primary amides is 2. The quantitative estimate of drug-likeness (QED) is 0.128. The van der Waals surface area contributed by atoms with Crippen molar-refractivity contribution in [2.24, 2.45) is 23.3 Å². The van der Waals surface area contributed by atoms with Crippen molar-refractivity contribution in [2.75, 3.05) is 14.2 Å². The number of hydrogen-bond acceptors (Lipinski definition) is 12. The Morgan fingerprint density at radius 3 is 1.27 bits per heavy atom. The molecule has 6 heterocycles. The predicted octanol–water partition coefficient (Wildman–Crippen LogP) is 7.73. The van der Waals surface area contributed by atoms with Gasteiger partial charge < -0.3 is 20.9 Å². The fourth-order valence-corrected chi connectivity index (χ4v) is 12.6. The summed E-state index contributed by atoms with van der Waals surface area (Å²) >= 11 is 16.9. The van der Waals surface area contributed by atoms with Gasteiger partial charge in [0.05, 0.1) is 48.7 Å². The first-order chi connectivity index (χ1) is 31.7. The molecule has 0 radical (unpaired) electrons. The Bertz CT molecular complexity index is 2770. The number of methoxy groups -OCH3 is 2. The maximum atomic E-state index is 12.2. The number of ether oxygens (including phenoxy) is 2. The van der Waals surface area contributed by atoms with Crippen molar-refractivity contribution < 1.29 is 38.2 Å². The molecule has 340 valence electrons. The molecule has 2 aromatic carbocycles. The van der Waals surface area contributed by atoms with Crippen LogP contribution in [0.3, 0.4) is 0 Å². The molecular formula is C48H44Cl2N6O8S2. The molecule has 4 aliphatic rings. The largest absolute Gasteiger partial charge is 0.497 e. The topological polar surface area (TPSA) is 205 Å². The smallest absolute Gasteiger partial charge is 0.230 e. The predicted molar refractivity (Wildman–Crippen MR) is 252 cm³/mol. The number of rotatable bonds is 10. The monoisotopic (exact) mass is 966 g/mol. The molecule has 2 fully saturated rings. The van der Waals surface area contributed by atoms with Crippen LogP contribution in [0.5, 0.6) is 11.5 Å². The van der Waals surface area contributed by atoms with Crippen LogP contribution in [0.25, 0.3) is 42.7 Å². The summed E-state index contributed by atoms with van der Waals surface area (Å²) in [5, 5.41) is 2.79. The lowest BCUT2D eigenvalue weighted by atomic mass is 9.86. The molecule has 0 unspecified atom stereocenters. The van der Waals surface area contributed by atoms with Gasteiger partial charge in [-0.05, 0) is 85.0 Å². The fourth-order valence-electron chi connectivity index (χ4n) is 9.32. The summed E-state index contributed by atoms with van der Waals surface area (Å²) in [5.41, 5.74) is 17.9. The molecule has 2 aliphatic heterocycles. The van der Waals surface area contributed by atoms with Gasteiger partial charge in [0.2, 0.25) is 35.4 Å². The highest BCUT2D eigenvalue weighted by molar-refractivity contribution is 7.19. The van der Waals surface area contributed by atoms with Gasteiger partial charge in [0.15, 0.2) is 0 Å². The van der Waals surface area contributed by atoms with Crippen molar-refractivity contribution >= 4 is 102 Å². The molecule has 4 N–H and O–H groups in total. The molecule has 0 spiro atoms. The van der Waals surface area contributed by atoms with E-state index in [1.807, 2.05) is 48.5 Å². The summed E-state index contributed by atoms with van der Waals surface area (Å²) < 4.78 is 10.6. The van der Waals surface area contributed by atoms with E-state index in [2.05, 4.69) is 0 Å². The first-order valence-electron chi connectivity index (χ1n) is 21.5. The minimum absolute atomic E-state index is 0.0437. The van der Waals surface area contributed by atoms with E-state index in [4.69, 9.17) is 54.1 Å². The Hall–Kier alpha value is -5.94. The van der Waals surface area contributed by atoms with Crippen molar-refractivity contribution in [1.29, 1.82) is 0 Å². The van der Waals surface area contributed by atoms with Crippen LogP contribution >= 0.6 is 45.9 Å². The molecule has 6 amide bonds. The maximum absolute atomic E-state index is 12.2. The number of carbonyl (C=O) groups is 6. The van der Waals surface area contributed by atoms with Gasteiger partial charge in [-0.2, -0.15) is 0 Å². The van der Waals surface area contributed by atoms with E-state index in [1.54, 1.807) is 14.2 Å². The maximum Gasteiger partial charge on any atom is 0.230 e. The number of halogens is 2. The average molecular weight is 968 g/mol. The van der Waals surface area contributed by atoms with Gasteiger partial charge in [0, 0.05) is 69.2 Å². The highest BCUT2D eigenvalue weighted by Crippen LogP contribution is 2.48. The summed E-state index contributed by atoms with van der Waals surface area (Å²) in [6.07, 6.45) is 4.83. The molecule has 2 aliphatic carbocycles. The van der Waals surface area contributed by atoms with Crippen molar-refractivity contribution in [3.8, 4) is 33.8 Å². The Kier molecular flexibility index (Phi) is 12.6. The molecule has 18 heteroatoms. The number of carbonyl (C=O) groups excluding carboxylic acids is 6. The number of aryl methyl sites for hydroxylation is 2. The zero-order valence-corrected chi connectivity index (χ0v) is 39.2. The van der Waals surface area contributed by atoms with Gasteiger partial charge in [-0.15, -0.1) is 22.7 Å². The first-order valence-corrected chi connectivity index (χ1v) is 23.9. The minimum Gasteiger partial charge on any atom is -0.497 e. The highest BCUT2D eigenvalue weighted by atomic mass is 35.5. The molecule has 2 atom stereocenters. The number of aromatic nitrogens is 2. The number of amides is 6. The number of likely N-dealkylation sites (tertiary alicyclic amines) is 2. The molecular weight excluding hydrogens is 924 g/mol. The molecule has 2 saturated heterocycles. The van der Waals surface area contributed by atoms with Gasteiger partial charge in [0.1, 0.15) is 21.2 Å². The molecule has 0 bridgehead atoms. The zero-order chi connectivity index (χ0) is 46.6. The third-order valence-electron chi connectivity index (χ3n) is 12.9. The second-order valence-corrected chi connectivity index (χ2v) is 19.7. The van der Waals surface area contributed by atoms with Crippen molar-refractivity contribution in [3.63, 3.8) is 0 Å². The van der Waals surface area contributed by atoms with Crippen LogP contribution in [0.2, 0.25) is 10.0 Å². The van der Waals surface area contributed by atoms with Crippen LogP contribution in [0, 0.1) is 11.8 Å². The number of hydrogen-bond donors (Lipinski definition) is 2. The highest BCUT2D eigenvalue weighted by Gasteiger charge is 2.35. The van der Waals surface area contributed by atoms with Gasteiger partial charge in [0.25, 0.3) is 0 Å². The van der Waals surface area contributed by atoms with Crippen LogP contribution in [0.4, 0.5) is 0 Å². The third kappa shape index (κ3) is 8.39. The van der Waals surface area contributed by atoms with Crippen LogP contribution in [0.1, 0.15) is 70.8 Å². The third-order valence-corrected chi connectivity index (χ3v) is 16.0. The summed E-state index contributed by atoms with van der Waals surface area (Å²) in [4.78, 5) is 88.3. The summed E-state index contributed by atoms with van der Waals surface area (Å²) in [6, 6.07) is 15.2. The van der Waals surface area contributed by atoms with Gasteiger partial charge >= 0.3 is 0 Å². The van der Waals surface area contributed by atoms with Crippen LogP contribution in [-0.4, -0.2) is 69.4 Å². The Morgan fingerprint density at radius 2 is 0.955 bits per heavy atom. The summed E-state index contributed by atoms with van der Waals surface area (Å²) in [5.74, 6) is -0.336. The molecule has 14 nitrogen and oxygen atoms in total. The first kappa shape index (κ1) is 45.2. The average Bonchev–Trinajstić information content (AvgIpc) is 4.06. The Morgan fingerprint density at radius 1 is 0.606 bits per heavy atom. The number of pyridine rings is 2. The van der Waals surface area contributed by atoms with Crippen LogP contribution < -0.4 is 20.9 Å². The molecule has 10 rings (SSSR count). The standard InChI is InChI=1S/2C24H22ClN3O4S/c2*1-32-14-5-2-12(3-6-14)20-21-15-7-4-13(23(26)31)10-17(15)33-24(21)27-16(22(20)25)11-28-18(29)8-9-19(28)30/h2*2-3,5-6,13H,4,7-11H2,1H3,(H2,26,31)/t2*13-/m10/s1. The molecule has 6 aromatic rings. The second-order valence-electron chi connectivity index (χ2n) is 16.8. The number of thiophene rings is 2. The molecule has 66 heavy (non-hydrogen) atoms.